The Kier molecular flexibility index (Phi) is 3.45. The van der Waals surface area contributed by atoms with Crippen molar-refractivity contribution in [1.82, 2.24) is 5.32 Å². The van der Waals surface area contributed by atoms with Crippen molar-refractivity contribution >= 4 is 0 Å². The zero-order valence-corrected chi connectivity index (χ0v) is 9.35. The molecule has 1 saturated carbocycles. The summed E-state index contributed by atoms with van der Waals surface area (Å²) in [5.41, 5.74) is 0.0797. The van der Waals surface area contributed by atoms with Crippen LogP contribution in [0.4, 0.5) is 0 Å². The molecule has 0 aromatic heterocycles. The molecule has 14 heavy (non-hydrogen) atoms. The average molecular weight is 197 g/mol. The van der Waals surface area contributed by atoms with Gasteiger partial charge < -0.3 is 4.74 Å². The quantitative estimate of drug-likeness (QED) is 0.735. The van der Waals surface area contributed by atoms with E-state index in [9.17, 15) is 0 Å². The standard InChI is InChI=1S/C12H23NO/c1-2-6-11-7-10-14-12(13-11)8-4-3-5-9-12/h11,13H,2-10H2,1H3. The highest BCUT2D eigenvalue weighted by atomic mass is 16.5. The van der Waals surface area contributed by atoms with Crippen LogP contribution in [0.25, 0.3) is 0 Å². The molecule has 1 N–H and O–H groups in total. The smallest absolute Gasteiger partial charge is 0.119 e. The van der Waals surface area contributed by atoms with Gasteiger partial charge in [-0.2, -0.15) is 0 Å². The third-order valence-electron chi connectivity index (χ3n) is 3.61. The zero-order chi connectivity index (χ0) is 9.86. The van der Waals surface area contributed by atoms with Crippen LogP contribution in [0.3, 0.4) is 0 Å². The van der Waals surface area contributed by atoms with Crippen molar-refractivity contribution in [3.05, 3.63) is 0 Å². The van der Waals surface area contributed by atoms with Crippen LogP contribution in [0.15, 0.2) is 0 Å². The van der Waals surface area contributed by atoms with Gasteiger partial charge in [-0.3, -0.25) is 5.32 Å². The van der Waals surface area contributed by atoms with Crippen LogP contribution in [0, 0.1) is 0 Å². The van der Waals surface area contributed by atoms with Gasteiger partial charge in [0, 0.05) is 6.04 Å². The van der Waals surface area contributed by atoms with Gasteiger partial charge in [0.15, 0.2) is 0 Å². The minimum Gasteiger partial charge on any atom is -0.361 e. The monoisotopic (exact) mass is 197 g/mol. The third kappa shape index (κ3) is 2.29. The molecule has 1 heterocycles. The SMILES string of the molecule is CCCC1CCOC2(CCCCC2)N1. The minimum absolute atomic E-state index is 0.0797. The summed E-state index contributed by atoms with van der Waals surface area (Å²) in [6.07, 6.45) is 10.3. The summed E-state index contributed by atoms with van der Waals surface area (Å²) in [6, 6.07) is 0.715. The highest BCUT2D eigenvalue weighted by Gasteiger charge is 2.37. The van der Waals surface area contributed by atoms with Gasteiger partial charge in [0.2, 0.25) is 0 Å². The summed E-state index contributed by atoms with van der Waals surface area (Å²) in [4.78, 5) is 0. The molecule has 2 nitrogen and oxygen atoms in total. The fourth-order valence-electron chi connectivity index (χ4n) is 2.86. The average Bonchev–Trinajstić information content (AvgIpc) is 2.19. The first-order valence-electron chi connectivity index (χ1n) is 6.26. The van der Waals surface area contributed by atoms with Crippen LogP contribution in [0.2, 0.25) is 0 Å². The molecule has 1 aliphatic carbocycles. The summed E-state index contributed by atoms with van der Waals surface area (Å²) >= 11 is 0. The molecule has 2 fully saturated rings. The Balaban J connectivity index is 1.91. The summed E-state index contributed by atoms with van der Waals surface area (Å²) in [6.45, 7) is 3.24. The van der Waals surface area contributed by atoms with Gasteiger partial charge in [-0.05, 0) is 38.5 Å². The summed E-state index contributed by atoms with van der Waals surface area (Å²) in [7, 11) is 0. The molecule has 1 aliphatic heterocycles. The van der Waals surface area contributed by atoms with Crippen molar-refractivity contribution in [3.8, 4) is 0 Å². The maximum Gasteiger partial charge on any atom is 0.119 e. The largest absolute Gasteiger partial charge is 0.361 e. The molecular formula is C12H23NO. The lowest BCUT2D eigenvalue weighted by atomic mass is 9.89. The number of rotatable bonds is 2. The molecule has 1 saturated heterocycles. The molecule has 1 atom stereocenters. The van der Waals surface area contributed by atoms with Gasteiger partial charge in [-0.25, -0.2) is 0 Å². The Bertz CT molecular complexity index is 168. The van der Waals surface area contributed by atoms with Gasteiger partial charge in [0.25, 0.3) is 0 Å². The van der Waals surface area contributed by atoms with Gasteiger partial charge >= 0.3 is 0 Å². The number of hydrogen-bond donors (Lipinski definition) is 1. The van der Waals surface area contributed by atoms with Crippen LogP contribution in [0.1, 0.15) is 58.3 Å². The van der Waals surface area contributed by atoms with Crippen LogP contribution in [0.5, 0.6) is 0 Å². The van der Waals surface area contributed by atoms with E-state index in [1.807, 2.05) is 0 Å². The topological polar surface area (TPSA) is 21.3 Å². The molecule has 82 valence electrons. The van der Waals surface area contributed by atoms with Crippen LogP contribution in [-0.4, -0.2) is 18.4 Å². The number of hydrogen-bond acceptors (Lipinski definition) is 2. The highest BCUT2D eigenvalue weighted by molar-refractivity contribution is 4.88. The minimum atomic E-state index is 0.0797. The van der Waals surface area contributed by atoms with Crippen molar-refractivity contribution in [2.75, 3.05) is 6.61 Å². The fraction of sp³-hybridized carbons (Fsp3) is 1.00. The van der Waals surface area contributed by atoms with Crippen molar-refractivity contribution in [2.24, 2.45) is 0 Å². The van der Waals surface area contributed by atoms with E-state index < -0.39 is 0 Å². The van der Waals surface area contributed by atoms with E-state index in [1.54, 1.807) is 0 Å². The molecule has 1 unspecified atom stereocenters. The van der Waals surface area contributed by atoms with Crippen molar-refractivity contribution < 1.29 is 4.74 Å². The summed E-state index contributed by atoms with van der Waals surface area (Å²) in [5, 5.41) is 3.75. The Labute approximate surface area is 87.4 Å². The Hall–Kier alpha value is -0.0800. The van der Waals surface area contributed by atoms with E-state index >= 15 is 0 Å². The second-order valence-electron chi connectivity index (χ2n) is 4.82. The van der Waals surface area contributed by atoms with E-state index in [4.69, 9.17) is 4.74 Å². The zero-order valence-electron chi connectivity index (χ0n) is 9.35. The Morgan fingerprint density at radius 3 is 2.79 bits per heavy atom. The fourth-order valence-corrected chi connectivity index (χ4v) is 2.86. The van der Waals surface area contributed by atoms with Crippen LogP contribution in [-0.2, 0) is 4.74 Å². The van der Waals surface area contributed by atoms with Crippen molar-refractivity contribution in [1.29, 1.82) is 0 Å². The molecular weight excluding hydrogens is 174 g/mol. The number of nitrogens with one attached hydrogen (secondary N) is 1. The molecule has 2 heteroatoms. The first kappa shape index (κ1) is 10.4. The second-order valence-corrected chi connectivity index (χ2v) is 4.82. The lowest BCUT2D eigenvalue weighted by Crippen LogP contribution is -2.57. The van der Waals surface area contributed by atoms with Gasteiger partial charge in [-0.1, -0.05) is 19.8 Å². The Morgan fingerprint density at radius 1 is 1.29 bits per heavy atom. The van der Waals surface area contributed by atoms with Crippen LogP contribution < -0.4 is 5.32 Å². The molecule has 0 bridgehead atoms. The second kappa shape index (κ2) is 4.63. The molecule has 2 aliphatic rings. The summed E-state index contributed by atoms with van der Waals surface area (Å²) < 4.78 is 5.97. The van der Waals surface area contributed by atoms with E-state index in [2.05, 4.69) is 12.2 Å². The third-order valence-corrected chi connectivity index (χ3v) is 3.61. The Morgan fingerprint density at radius 2 is 2.07 bits per heavy atom. The summed E-state index contributed by atoms with van der Waals surface area (Å²) in [5.74, 6) is 0. The molecule has 0 radical (unpaired) electrons. The molecule has 2 rings (SSSR count). The maximum absolute atomic E-state index is 5.97. The van der Waals surface area contributed by atoms with Crippen LogP contribution >= 0.6 is 0 Å². The highest BCUT2D eigenvalue weighted by Crippen LogP contribution is 2.32. The lowest BCUT2D eigenvalue weighted by Gasteiger charge is -2.44. The lowest BCUT2D eigenvalue weighted by molar-refractivity contribution is -0.130. The normalized spacial score (nSPS) is 31.9. The molecule has 0 aromatic rings. The predicted molar refractivity (Wildman–Crippen MR) is 58.2 cm³/mol. The number of ether oxygens (including phenoxy) is 1. The van der Waals surface area contributed by atoms with E-state index in [0.29, 0.717) is 6.04 Å². The first-order chi connectivity index (χ1) is 6.85. The van der Waals surface area contributed by atoms with Gasteiger partial charge in [0.05, 0.1) is 6.61 Å². The predicted octanol–water partition coefficient (Wildman–Crippen LogP) is 2.83. The van der Waals surface area contributed by atoms with Gasteiger partial charge in [0.1, 0.15) is 5.72 Å². The van der Waals surface area contributed by atoms with Crippen molar-refractivity contribution in [2.45, 2.75) is 70.1 Å². The van der Waals surface area contributed by atoms with E-state index in [1.165, 1.54) is 51.4 Å². The first-order valence-corrected chi connectivity index (χ1v) is 6.26. The molecule has 0 aromatic carbocycles. The van der Waals surface area contributed by atoms with Gasteiger partial charge in [-0.15, -0.1) is 0 Å². The maximum atomic E-state index is 5.97. The molecule has 0 amide bonds. The molecule has 1 spiro atoms. The van der Waals surface area contributed by atoms with E-state index in [0.717, 1.165) is 6.61 Å². The van der Waals surface area contributed by atoms with E-state index in [-0.39, 0.29) is 5.72 Å². The van der Waals surface area contributed by atoms with Crippen molar-refractivity contribution in [3.63, 3.8) is 0 Å².